The summed E-state index contributed by atoms with van der Waals surface area (Å²) in [4.78, 5) is 15.9. The molecule has 18 heavy (non-hydrogen) atoms. The van der Waals surface area contributed by atoms with Gasteiger partial charge in [-0.1, -0.05) is 6.92 Å². The molecule has 0 aromatic rings. The second-order valence-corrected chi connectivity index (χ2v) is 5.42. The third-order valence-corrected chi connectivity index (χ3v) is 3.06. The van der Waals surface area contributed by atoms with Crippen LogP contribution in [-0.4, -0.2) is 72.4 Å². The van der Waals surface area contributed by atoms with Crippen LogP contribution in [0.4, 0.5) is 0 Å². The summed E-state index contributed by atoms with van der Waals surface area (Å²) in [5, 5.41) is 9.78. The summed E-state index contributed by atoms with van der Waals surface area (Å²) in [5.74, 6) is 0.187. The fourth-order valence-corrected chi connectivity index (χ4v) is 2.12. The topological polar surface area (TPSA) is 53.0 Å². The van der Waals surface area contributed by atoms with E-state index < -0.39 is 5.60 Å². The zero-order valence-corrected chi connectivity index (χ0v) is 11.8. The van der Waals surface area contributed by atoms with E-state index in [1.54, 1.807) is 13.8 Å². The summed E-state index contributed by atoms with van der Waals surface area (Å²) in [6.45, 7) is 10.5. The maximum Gasteiger partial charge on any atom is 0.224 e. The molecule has 106 valence electrons. The Labute approximate surface area is 110 Å². The van der Waals surface area contributed by atoms with Crippen molar-refractivity contribution in [3.63, 3.8) is 0 Å². The van der Waals surface area contributed by atoms with Crippen molar-refractivity contribution in [3.8, 4) is 0 Å². The second kappa shape index (κ2) is 7.07. The van der Waals surface area contributed by atoms with Crippen molar-refractivity contribution in [2.24, 2.45) is 0 Å². The summed E-state index contributed by atoms with van der Waals surface area (Å²) in [6, 6.07) is 0. The van der Waals surface area contributed by atoms with Gasteiger partial charge in [-0.3, -0.25) is 4.79 Å². The molecule has 1 saturated heterocycles. The van der Waals surface area contributed by atoms with E-state index in [1.807, 2.05) is 11.8 Å². The van der Waals surface area contributed by atoms with Crippen LogP contribution >= 0.6 is 0 Å². The van der Waals surface area contributed by atoms with Gasteiger partial charge in [0.25, 0.3) is 0 Å². The molecular weight excluding hydrogens is 232 g/mol. The molecule has 5 heteroatoms. The normalized spacial score (nSPS) is 17.3. The van der Waals surface area contributed by atoms with E-state index in [9.17, 15) is 9.90 Å². The van der Waals surface area contributed by atoms with E-state index in [4.69, 9.17) is 4.74 Å². The Morgan fingerprint density at radius 1 is 1.39 bits per heavy atom. The summed E-state index contributed by atoms with van der Waals surface area (Å²) in [7, 11) is 0. The van der Waals surface area contributed by atoms with Gasteiger partial charge in [-0.2, -0.15) is 0 Å². The van der Waals surface area contributed by atoms with Crippen molar-refractivity contribution < 1.29 is 14.6 Å². The van der Waals surface area contributed by atoms with Crippen LogP contribution in [0.3, 0.4) is 0 Å². The maximum atomic E-state index is 12.0. The number of likely N-dealkylation sites (N-methyl/N-ethyl adjacent to an activating group) is 1. The van der Waals surface area contributed by atoms with Crippen LogP contribution in [-0.2, 0) is 9.53 Å². The predicted octanol–water partition coefficient (Wildman–Crippen LogP) is 0.328. The summed E-state index contributed by atoms with van der Waals surface area (Å²) >= 11 is 0. The minimum Gasteiger partial charge on any atom is -0.389 e. The number of carbonyl (C=O) groups is 1. The van der Waals surface area contributed by atoms with E-state index in [1.165, 1.54) is 0 Å². The molecular formula is C13H26N2O3. The second-order valence-electron chi connectivity index (χ2n) is 5.42. The van der Waals surface area contributed by atoms with Gasteiger partial charge in [-0.15, -0.1) is 0 Å². The van der Waals surface area contributed by atoms with Crippen LogP contribution in [0.15, 0.2) is 0 Å². The Hall–Kier alpha value is -0.650. The Bertz CT molecular complexity index is 257. The fraction of sp³-hybridized carbons (Fsp3) is 0.923. The molecule has 0 unspecified atom stereocenters. The maximum absolute atomic E-state index is 12.0. The zero-order valence-electron chi connectivity index (χ0n) is 11.8. The Morgan fingerprint density at radius 2 is 2.00 bits per heavy atom. The fourth-order valence-electron chi connectivity index (χ4n) is 2.12. The van der Waals surface area contributed by atoms with Gasteiger partial charge in [0.15, 0.2) is 0 Å². The molecule has 5 nitrogen and oxygen atoms in total. The van der Waals surface area contributed by atoms with E-state index >= 15 is 0 Å². The van der Waals surface area contributed by atoms with Crippen LogP contribution in [0.2, 0.25) is 0 Å². The molecule has 0 atom stereocenters. The zero-order chi connectivity index (χ0) is 13.6. The first-order valence-corrected chi connectivity index (χ1v) is 6.72. The molecule has 1 rings (SSSR count). The number of amides is 1. The Kier molecular flexibility index (Phi) is 6.05. The van der Waals surface area contributed by atoms with Crippen molar-refractivity contribution in [1.29, 1.82) is 0 Å². The standard InChI is InChI=1S/C13H26N2O3/c1-4-14(11-13(2,3)17)6-5-12(16)15-7-9-18-10-8-15/h17H,4-11H2,1-3H3. The summed E-state index contributed by atoms with van der Waals surface area (Å²) < 4.78 is 5.23. The lowest BCUT2D eigenvalue weighted by molar-refractivity contribution is -0.135. The van der Waals surface area contributed by atoms with Gasteiger partial charge >= 0.3 is 0 Å². The van der Waals surface area contributed by atoms with Gasteiger partial charge in [-0.25, -0.2) is 0 Å². The molecule has 1 aliphatic rings. The molecule has 0 radical (unpaired) electrons. The van der Waals surface area contributed by atoms with Gasteiger partial charge in [0.1, 0.15) is 0 Å². The van der Waals surface area contributed by atoms with Crippen LogP contribution in [0.5, 0.6) is 0 Å². The smallest absolute Gasteiger partial charge is 0.224 e. The molecule has 1 amide bonds. The summed E-state index contributed by atoms with van der Waals surface area (Å²) in [5.41, 5.74) is -0.710. The van der Waals surface area contributed by atoms with Crippen LogP contribution < -0.4 is 0 Å². The minimum atomic E-state index is -0.710. The highest BCUT2D eigenvalue weighted by Gasteiger charge is 2.20. The quantitative estimate of drug-likeness (QED) is 0.746. The Balaban J connectivity index is 2.30. The highest BCUT2D eigenvalue weighted by molar-refractivity contribution is 5.76. The van der Waals surface area contributed by atoms with Crippen molar-refractivity contribution in [3.05, 3.63) is 0 Å². The van der Waals surface area contributed by atoms with Crippen molar-refractivity contribution in [1.82, 2.24) is 9.80 Å². The molecule has 0 spiro atoms. The van der Waals surface area contributed by atoms with Crippen LogP contribution in [0.1, 0.15) is 27.2 Å². The number of aliphatic hydroxyl groups is 1. The van der Waals surface area contributed by atoms with Crippen molar-refractivity contribution in [2.45, 2.75) is 32.8 Å². The van der Waals surface area contributed by atoms with E-state index in [0.29, 0.717) is 45.8 Å². The van der Waals surface area contributed by atoms with Gasteiger partial charge in [0.05, 0.1) is 18.8 Å². The molecule has 1 fully saturated rings. The number of ether oxygens (including phenoxy) is 1. The largest absolute Gasteiger partial charge is 0.389 e. The van der Waals surface area contributed by atoms with Gasteiger partial charge in [0.2, 0.25) is 5.91 Å². The van der Waals surface area contributed by atoms with Crippen LogP contribution in [0, 0.1) is 0 Å². The Morgan fingerprint density at radius 3 is 2.50 bits per heavy atom. The monoisotopic (exact) mass is 258 g/mol. The number of nitrogens with zero attached hydrogens (tertiary/aromatic N) is 2. The average molecular weight is 258 g/mol. The first-order valence-electron chi connectivity index (χ1n) is 6.72. The summed E-state index contributed by atoms with van der Waals surface area (Å²) in [6.07, 6.45) is 0.518. The van der Waals surface area contributed by atoms with Gasteiger partial charge in [0, 0.05) is 32.6 Å². The first kappa shape index (κ1) is 15.4. The number of morpholine rings is 1. The van der Waals surface area contributed by atoms with E-state index in [-0.39, 0.29) is 5.91 Å². The number of hydrogen-bond acceptors (Lipinski definition) is 4. The highest BCUT2D eigenvalue weighted by Crippen LogP contribution is 2.07. The van der Waals surface area contributed by atoms with Crippen LogP contribution in [0.25, 0.3) is 0 Å². The predicted molar refractivity (Wildman–Crippen MR) is 70.4 cm³/mol. The number of rotatable bonds is 6. The van der Waals surface area contributed by atoms with Gasteiger partial charge in [-0.05, 0) is 20.4 Å². The average Bonchev–Trinajstić information content (AvgIpc) is 2.33. The van der Waals surface area contributed by atoms with Crippen molar-refractivity contribution >= 4 is 5.91 Å². The molecule has 1 N–H and O–H groups in total. The van der Waals surface area contributed by atoms with E-state index in [0.717, 1.165) is 6.54 Å². The molecule has 0 aromatic carbocycles. The lowest BCUT2D eigenvalue weighted by Crippen LogP contribution is -2.43. The number of hydrogen-bond donors (Lipinski definition) is 1. The molecule has 0 saturated carbocycles. The van der Waals surface area contributed by atoms with Crippen molar-refractivity contribution in [2.75, 3.05) is 45.9 Å². The third kappa shape index (κ3) is 5.80. The molecule has 0 bridgehead atoms. The number of carbonyl (C=O) groups excluding carboxylic acids is 1. The highest BCUT2D eigenvalue weighted by atomic mass is 16.5. The molecule has 0 aromatic heterocycles. The van der Waals surface area contributed by atoms with E-state index in [2.05, 4.69) is 4.90 Å². The third-order valence-electron chi connectivity index (χ3n) is 3.06. The first-order chi connectivity index (χ1) is 8.42. The minimum absolute atomic E-state index is 0.187. The lowest BCUT2D eigenvalue weighted by Gasteiger charge is -2.30. The molecule has 1 heterocycles. The SMILES string of the molecule is CCN(CCC(=O)N1CCOCC1)CC(C)(C)O. The lowest BCUT2D eigenvalue weighted by atomic mass is 10.1. The van der Waals surface area contributed by atoms with Gasteiger partial charge < -0.3 is 19.6 Å². The molecule has 0 aliphatic carbocycles. The molecule has 1 aliphatic heterocycles.